The average Bonchev–Trinajstić information content (AvgIpc) is 2.37. The number of nitro benzene ring substituents is 1. The summed E-state index contributed by atoms with van der Waals surface area (Å²) in [4.78, 5) is 9.09. The van der Waals surface area contributed by atoms with Crippen molar-refractivity contribution in [1.82, 2.24) is 0 Å². The van der Waals surface area contributed by atoms with Crippen LogP contribution in [0.1, 0.15) is 0 Å². The summed E-state index contributed by atoms with van der Waals surface area (Å²) >= 11 is 0. The molecule has 110 valence electrons. The second-order valence-corrected chi connectivity index (χ2v) is 5.64. The van der Waals surface area contributed by atoms with Gasteiger partial charge < -0.3 is 0 Å². The molecule has 9 heteroatoms. The van der Waals surface area contributed by atoms with Gasteiger partial charge in [-0.2, -0.15) is 0 Å². The molecule has 21 heavy (non-hydrogen) atoms. The number of hydrogen-bond acceptors (Lipinski definition) is 4. The molecule has 0 aromatic heterocycles. The molecule has 0 amide bonds. The van der Waals surface area contributed by atoms with Crippen LogP contribution in [0.3, 0.4) is 0 Å². The lowest BCUT2D eigenvalue weighted by Gasteiger charge is -2.08. The second kappa shape index (κ2) is 5.44. The van der Waals surface area contributed by atoms with E-state index in [0.29, 0.717) is 6.07 Å². The normalized spacial score (nSPS) is 11.1. The fourth-order valence-electron chi connectivity index (χ4n) is 1.62. The topological polar surface area (TPSA) is 89.3 Å². The van der Waals surface area contributed by atoms with E-state index in [1.807, 2.05) is 4.72 Å². The van der Waals surface area contributed by atoms with Gasteiger partial charge in [-0.15, -0.1) is 0 Å². The average molecular weight is 314 g/mol. The van der Waals surface area contributed by atoms with Gasteiger partial charge >= 0.3 is 0 Å². The van der Waals surface area contributed by atoms with E-state index in [1.54, 1.807) is 0 Å². The van der Waals surface area contributed by atoms with Crippen molar-refractivity contribution in [3.8, 4) is 0 Å². The molecule has 0 fully saturated rings. The minimum absolute atomic E-state index is 0.103. The lowest BCUT2D eigenvalue weighted by atomic mass is 10.3. The summed E-state index contributed by atoms with van der Waals surface area (Å²) in [5.74, 6) is -1.62. The summed E-state index contributed by atoms with van der Waals surface area (Å²) in [6.07, 6.45) is 0. The fraction of sp³-hybridized carbons (Fsp3) is 0. The van der Waals surface area contributed by atoms with Gasteiger partial charge in [-0.25, -0.2) is 17.2 Å². The Morgan fingerprint density at radius 2 is 1.71 bits per heavy atom. The van der Waals surface area contributed by atoms with Crippen molar-refractivity contribution in [1.29, 1.82) is 0 Å². The van der Waals surface area contributed by atoms with Gasteiger partial charge in [0.2, 0.25) is 0 Å². The zero-order valence-electron chi connectivity index (χ0n) is 10.3. The van der Waals surface area contributed by atoms with Crippen molar-refractivity contribution in [2.24, 2.45) is 0 Å². The number of nitrogens with one attached hydrogen (secondary N) is 1. The molecule has 0 saturated heterocycles. The summed E-state index contributed by atoms with van der Waals surface area (Å²) < 4.78 is 52.2. The van der Waals surface area contributed by atoms with Crippen LogP contribution in [0.4, 0.5) is 20.2 Å². The van der Waals surface area contributed by atoms with Gasteiger partial charge in [0.05, 0.1) is 16.7 Å². The lowest BCUT2D eigenvalue weighted by molar-refractivity contribution is -0.388. The van der Waals surface area contributed by atoms with E-state index in [1.165, 1.54) is 12.1 Å². The first kappa shape index (κ1) is 14.9. The number of halogens is 2. The van der Waals surface area contributed by atoms with Crippen molar-refractivity contribution in [3.05, 3.63) is 64.2 Å². The first-order chi connectivity index (χ1) is 9.79. The van der Waals surface area contributed by atoms with E-state index in [4.69, 9.17) is 0 Å². The Kier molecular flexibility index (Phi) is 3.85. The van der Waals surface area contributed by atoms with Crippen molar-refractivity contribution in [2.45, 2.75) is 4.90 Å². The molecule has 2 aromatic rings. The van der Waals surface area contributed by atoms with Gasteiger partial charge in [-0.1, -0.05) is 6.07 Å². The molecule has 6 nitrogen and oxygen atoms in total. The maximum absolute atomic E-state index is 13.0. The van der Waals surface area contributed by atoms with E-state index in [9.17, 15) is 27.3 Å². The van der Waals surface area contributed by atoms with Gasteiger partial charge in [-0.3, -0.25) is 14.8 Å². The van der Waals surface area contributed by atoms with Crippen LogP contribution in [0.2, 0.25) is 0 Å². The van der Waals surface area contributed by atoms with Crippen molar-refractivity contribution in [3.63, 3.8) is 0 Å². The van der Waals surface area contributed by atoms with Crippen LogP contribution in [-0.4, -0.2) is 13.3 Å². The first-order valence-corrected chi connectivity index (χ1v) is 7.00. The van der Waals surface area contributed by atoms with Crippen LogP contribution in [0, 0.1) is 21.7 Å². The molecule has 1 N–H and O–H groups in total. The SMILES string of the molecule is O=[N+]([O-])c1cc(F)ccc1S(=O)(=O)Nc1cccc(F)c1. The van der Waals surface area contributed by atoms with Crippen molar-refractivity contribution in [2.75, 3.05) is 4.72 Å². The summed E-state index contributed by atoms with van der Waals surface area (Å²) in [6.45, 7) is 0. The molecule has 2 rings (SSSR count). The molecule has 0 bridgehead atoms. The van der Waals surface area contributed by atoms with E-state index in [0.717, 1.165) is 24.3 Å². The number of nitrogens with zero attached hydrogens (tertiary/aromatic N) is 1. The number of sulfonamides is 1. The molecule has 0 saturated carbocycles. The number of hydrogen-bond donors (Lipinski definition) is 1. The Bertz CT molecular complexity index is 809. The third kappa shape index (κ3) is 3.31. The second-order valence-electron chi connectivity index (χ2n) is 3.99. The van der Waals surface area contributed by atoms with E-state index < -0.39 is 37.2 Å². The predicted octanol–water partition coefficient (Wildman–Crippen LogP) is 2.67. The first-order valence-electron chi connectivity index (χ1n) is 5.52. The molecule has 0 heterocycles. The van der Waals surface area contributed by atoms with Gasteiger partial charge in [0.1, 0.15) is 11.6 Å². The maximum Gasteiger partial charge on any atom is 0.292 e. The predicted molar refractivity (Wildman–Crippen MR) is 70.3 cm³/mol. The molecule has 0 radical (unpaired) electrons. The number of rotatable bonds is 4. The molecular formula is C12H8F2N2O4S. The Morgan fingerprint density at radius 3 is 2.33 bits per heavy atom. The van der Waals surface area contributed by atoms with Crippen molar-refractivity contribution < 1.29 is 22.1 Å². The van der Waals surface area contributed by atoms with Crippen LogP contribution < -0.4 is 4.72 Å². The molecule has 0 unspecified atom stereocenters. The largest absolute Gasteiger partial charge is 0.292 e. The minimum atomic E-state index is -4.35. The summed E-state index contributed by atoms with van der Waals surface area (Å²) in [5.41, 5.74) is -1.01. The Morgan fingerprint density at radius 1 is 1.05 bits per heavy atom. The third-order valence-corrected chi connectivity index (χ3v) is 3.91. The summed E-state index contributed by atoms with van der Waals surface area (Å²) in [7, 11) is -4.35. The van der Waals surface area contributed by atoms with Crippen LogP contribution >= 0.6 is 0 Å². The zero-order chi connectivity index (χ0) is 15.6. The number of benzene rings is 2. The van der Waals surface area contributed by atoms with Crippen LogP contribution in [0.15, 0.2) is 47.4 Å². The third-order valence-electron chi connectivity index (χ3n) is 2.48. The van der Waals surface area contributed by atoms with Gasteiger partial charge in [0.25, 0.3) is 15.7 Å². The van der Waals surface area contributed by atoms with Gasteiger partial charge in [0.15, 0.2) is 4.90 Å². The maximum atomic E-state index is 13.0. The monoisotopic (exact) mass is 314 g/mol. The van der Waals surface area contributed by atoms with E-state index in [-0.39, 0.29) is 5.69 Å². The van der Waals surface area contributed by atoms with E-state index in [2.05, 4.69) is 0 Å². The molecular weight excluding hydrogens is 306 g/mol. The molecule has 0 aliphatic heterocycles. The number of anilines is 1. The zero-order valence-corrected chi connectivity index (χ0v) is 11.1. The Hall–Kier alpha value is -2.55. The van der Waals surface area contributed by atoms with Crippen LogP contribution in [-0.2, 0) is 10.0 Å². The molecule has 2 aromatic carbocycles. The fourth-order valence-corrected chi connectivity index (χ4v) is 2.83. The highest BCUT2D eigenvalue weighted by atomic mass is 32.2. The van der Waals surface area contributed by atoms with Crippen molar-refractivity contribution >= 4 is 21.4 Å². The standard InChI is InChI=1S/C12H8F2N2O4S/c13-8-2-1-3-10(6-8)15-21(19,20)12-5-4-9(14)7-11(12)16(17)18/h1-7,15H. The Labute approximate surface area is 118 Å². The molecule has 0 aliphatic rings. The van der Waals surface area contributed by atoms with E-state index >= 15 is 0 Å². The summed E-state index contributed by atoms with van der Waals surface area (Å²) in [6, 6.07) is 6.62. The van der Waals surface area contributed by atoms with Crippen LogP contribution in [0.25, 0.3) is 0 Å². The lowest BCUT2D eigenvalue weighted by Crippen LogP contribution is -2.15. The highest BCUT2D eigenvalue weighted by Crippen LogP contribution is 2.26. The van der Waals surface area contributed by atoms with Gasteiger partial charge in [0, 0.05) is 0 Å². The van der Waals surface area contributed by atoms with Gasteiger partial charge in [-0.05, 0) is 30.3 Å². The summed E-state index contributed by atoms with van der Waals surface area (Å²) in [5, 5.41) is 10.8. The Balaban J connectivity index is 2.47. The molecule has 0 atom stereocenters. The minimum Gasteiger partial charge on any atom is -0.279 e. The number of nitro groups is 1. The quantitative estimate of drug-likeness (QED) is 0.694. The molecule has 0 spiro atoms. The highest BCUT2D eigenvalue weighted by molar-refractivity contribution is 7.92. The smallest absolute Gasteiger partial charge is 0.279 e. The van der Waals surface area contributed by atoms with Crippen LogP contribution in [0.5, 0.6) is 0 Å². The molecule has 0 aliphatic carbocycles. The highest BCUT2D eigenvalue weighted by Gasteiger charge is 2.26.